The van der Waals surface area contributed by atoms with Crippen LogP contribution in [0.15, 0.2) is 82.9 Å². The second-order valence-corrected chi connectivity index (χ2v) is 10.6. The van der Waals surface area contributed by atoms with E-state index in [-0.39, 0.29) is 24.3 Å². The zero-order chi connectivity index (χ0) is 25.2. The van der Waals surface area contributed by atoms with E-state index in [0.29, 0.717) is 22.3 Å². The Morgan fingerprint density at radius 3 is 2.31 bits per heavy atom. The zero-order valence-corrected chi connectivity index (χ0v) is 21.5. The van der Waals surface area contributed by atoms with Gasteiger partial charge in [-0.3, -0.25) is 9.59 Å². The van der Waals surface area contributed by atoms with Gasteiger partial charge in [-0.2, -0.15) is 10.1 Å². The SMILES string of the molecule is Cc1ccc(NC(=O)C[C@H]2SC(N3N=C(c4ccc(C)cc4)C[C@H]3c3ccc(Cl)cc3)=NC2=O)cc1. The number of benzene rings is 3. The molecule has 2 heterocycles. The highest BCUT2D eigenvalue weighted by Gasteiger charge is 2.39. The van der Waals surface area contributed by atoms with Gasteiger partial charge in [0.25, 0.3) is 5.91 Å². The Bertz CT molecular complexity index is 1350. The first-order valence-corrected chi connectivity index (χ1v) is 13.0. The Morgan fingerprint density at radius 1 is 1.00 bits per heavy atom. The van der Waals surface area contributed by atoms with E-state index in [0.717, 1.165) is 22.4 Å². The molecule has 0 saturated heterocycles. The van der Waals surface area contributed by atoms with Crippen LogP contribution in [0, 0.1) is 13.8 Å². The molecular formula is C28H25ClN4O2S. The number of hydrogen-bond donors (Lipinski definition) is 1. The number of carbonyl (C=O) groups is 2. The van der Waals surface area contributed by atoms with Crippen molar-refractivity contribution in [2.45, 2.75) is 38.0 Å². The van der Waals surface area contributed by atoms with E-state index in [1.54, 1.807) is 0 Å². The molecular weight excluding hydrogens is 492 g/mol. The molecule has 6 nitrogen and oxygen atoms in total. The summed E-state index contributed by atoms with van der Waals surface area (Å²) in [5.41, 5.74) is 5.98. The van der Waals surface area contributed by atoms with Crippen LogP contribution in [0.1, 0.15) is 41.1 Å². The molecule has 182 valence electrons. The molecule has 5 rings (SSSR count). The van der Waals surface area contributed by atoms with E-state index in [2.05, 4.69) is 34.6 Å². The smallest absolute Gasteiger partial charge is 0.262 e. The van der Waals surface area contributed by atoms with E-state index in [1.807, 2.05) is 67.4 Å². The minimum atomic E-state index is -0.588. The third kappa shape index (κ3) is 5.37. The summed E-state index contributed by atoms with van der Waals surface area (Å²) in [6.45, 7) is 4.04. The highest BCUT2D eigenvalue weighted by atomic mass is 35.5. The van der Waals surface area contributed by atoms with Gasteiger partial charge < -0.3 is 5.32 Å². The predicted octanol–water partition coefficient (Wildman–Crippen LogP) is 6.13. The molecule has 0 unspecified atom stereocenters. The third-order valence-corrected chi connectivity index (χ3v) is 7.57. The standard InChI is InChI=1S/C28H25ClN4O2S/c1-17-3-7-19(8-4-17)23-15-24(20-9-11-21(29)12-10-20)33(32-23)28-31-27(35)25(36-28)16-26(34)30-22-13-5-18(2)6-14-22/h3-14,24-25H,15-16H2,1-2H3,(H,30,34)/t24-,25+/m0/s1. The van der Waals surface area contributed by atoms with Crippen LogP contribution in [0.25, 0.3) is 0 Å². The molecule has 3 aromatic rings. The second kappa shape index (κ2) is 10.3. The minimum absolute atomic E-state index is 0.0400. The number of aryl methyl sites for hydroxylation is 2. The number of aliphatic imine (C=N–C) groups is 1. The van der Waals surface area contributed by atoms with Crippen LogP contribution in [-0.4, -0.2) is 33.0 Å². The summed E-state index contributed by atoms with van der Waals surface area (Å²) in [5, 5.41) is 10.1. The number of amides is 2. The van der Waals surface area contributed by atoms with Gasteiger partial charge in [-0.15, -0.1) is 0 Å². The molecule has 0 aromatic heterocycles. The molecule has 2 atom stereocenters. The van der Waals surface area contributed by atoms with Crippen LogP contribution in [0.4, 0.5) is 5.69 Å². The summed E-state index contributed by atoms with van der Waals surface area (Å²) in [6.07, 6.45) is 0.704. The maximum absolute atomic E-state index is 12.8. The van der Waals surface area contributed by atoms with Gasteiger partial charge in [0, 0.05) is 23.6 Å². The van der Waals surface area contributed by atoms with Crippen molar-refractivity contribution in [3.05, 3.63) is 100 Å². The maximum atomic E-state index is 12.8. The van der Waals surface area contributed by atoms with Crippen molar-refractivity contribution in [2.24, 2.45) is 10.1 Å². The van der Waals surface area contributed by atoms with Gasteiger partial charge in [-0.05, 0) is 49.2 Å². The van der Waals surface area contributed by atoms with Crippen molar-refractivity contribution in [1.29, 1.82) is 0 Å². The molecule has 8 heteroatoms. The molecule has 0 radical (unpaired) electrons. The largest absolute Gasteiger partial charge is 0.326 e. The van der Waals surface area contributed by atoms with Crippen molar-refractivity contribution >= 4 is 51.7 Å². The fraction of sp³-hybridized carbons (Fsp3) is 0.214. The molecule has 2 aliphatic rings. The summed E-state index contributed by atoms with van der Waals surface area (Å²) in [5.74, 6) is -0.538. The van der Waals surface area contributed by atoms with Gasteiger partial charge in [0.05, 0.1) is 11.8 Å². The van der Waals surface area contributed by atoms with Crippen molar-refractivity contribution in [3.8, 4) is 0 Å². The van der Waals surface area contributed by atoms with Crippen LogP contribution in [0.2, 0.25) is 5.02 Å². The number of hydrazone groups is 1. The fourth-order valence-corrected chi connectivity index (χ4v) is 5.36. The van der Waals surface area contributed by atoms with Crippen LogP contribution in [-0.2, 0) is 9.59 Å². The molecule has 0 bridgehead atoms. The number of halogens is 1. The molecule has 1 N–H and O–H groups in total. The van der Waals surface area contributed by atoms with Crippen LogP contribution in [0.5, 0.6) is 0 Å². The lowest BCUT2D eigenvalue weighted by molar-refractivity contribution is -0.121. The first-order valence-electron chi connectivity index (χ1n) is 11.7. The van der Waals surface area contributed by atoms with E-state index >= 15 is 0 Å². The number of nitrogens with zero attached hydrogens (tertiary/aromatic N) is 3. The summed E-state index contributed by atoms with van der Waals surface area (Å²) in [7, 11) is 0. The zero-order valence-electron chi connectivity index (χ0n) is 19.9. The van der Waals surface area contributed by atoms with Crippen molar-refractivity contribution in [2.75, 3.05) is 5.32 Å². The summed E-state index contributed by atoms with van der Waals surface area (Å²) >= 11 is 7.41. The van der Waals surface area contributed by atoms with Gasteiger partial charge in [-0.25, -0.2) is 5.01 Å². The van der Waals surface area contributed by atoms with Gasteiger partial charge in [0.2, 0.25) is 5.91 Å². The number of amidine groups is 1. The Morgan fingerprint density at radius 2 is 1.64 bits per heavy atom. The fourth-order valence-electron chi connectivity index (χ4n) is 4.17. The molecule has 2 amide bonds. The predicted molar refractivity (Wildman–Crippen MR) is 147 cm³/mol. The van der Waals surface area contributed by atoms with Gasteiger partial charge in [-0.1, -0.05) is 83.0 Å². The number of carbonyl (C=O) groups excluding carboxylic acids is 2. The monoisotopic (exact) mass is 516 g/mol. The lowest BCUT2D eigenvalue weighted by Gasteiger charge is -2.23. The summed E-state index contributed by atoms with van der Waals surface area (Å²) in [4.78, 5) is 29.7. The van der Waals surface area contributed by atoms with Gasteiger partial charge >= 0.3 is 0 Å². The lowest BCUT2D eigenvalue weighted by atomic mass is 9.98. The highest BCUT2D eigenvalue weighted by Crippen LogP contribution is 2.39. The highest BCUT2D eigenvalue weighted by molar-refractivity contribution is 8.15. The number of nitrogens with one attached hydrogen (secondary N) is 1. The number of rotatable bonds is 5. The molecule has 0 fully saturated rings. The quantitative estimate of drug-likeness (QED) is 0.442. The summed E-state index contributed by atoms with van der Waals surface area (Å²) < 4.78 is 0. The number of hydrogen-bond acceptors (Lipinski definition) is 5. The molecule has 0 aliphatic carbocycles. The molecule has 0 saturated carbocycles. The maximum Gasteiger partial charge on any atom is 0.262 e. The Hall–Kier alpha value is -3.42. The Balaban J connectivity index is 1.35. The average Bonchev–Trinajstić information content (AvgIpc) is 3.45. The number of anilines is 1. The van der Waals surface area contributed by atoms with E-state index in [4.69, 9.17) is 16.7 Å². The third-order valence-electron chi connectivity index (χ3n) is 6.18. The first-order chi connectivity index (χ1) is 17.4. The second-order valence-electron chi connectivity index (χ2n) is 8.99. The van der Waals surface area contributed by atoms with E-state index < -0.39 is 5.25 Å². The van der Waals surface area contributed by atoms with Crippen molar-refractivity contribution < 1.29 is 9.59 Å². The molecule has 0 spiro atoms. The normalized spacial score (nSPS) is 19.3. The van der Waals surface area contributed by atoms with Crippen molar-refractivity contribution in [1.82, 2.24) is 5.01 Å². The van der Waals surface area contributed by atoms with Crippen molar-refractivity contribution in [3.63, 3.8) is 0 Å². The Labute approximate surface area is 219 Å². The minimum Gasteiger partial charge on any atom is -0.326 e. The molecule has 36 heavy (non-hydrogen) atoms. The topological polar surface area (TPSA) is 74.1 Å². The lowest BCUT2D eigenvalue weighted by Crippen LogP contribution is -2.25. The van der Waals surface area contributed by atoms with Gasteiger partial charge in [0.1, 0.15) is 5.25 Å². The van der Waals surface area contributed by atoms with Crippen LogP contribution in [0.3, 0.4) is 0 Å². The Kier molecular flexibility index (Phi) is 6.94. The average molecular weight is 517 g/mol. The van der Waals surface area contributed by atoms with Crippen LogP contribution < -0.4 is 5.32 Å². The van der Waals surface area contributed by atoms with Crippen LogP contribution >= 0.6 is 23.4 Å². The van der Waals surface area contributed by atoms with E-state index in [9.17, 15) is 9.59 Å². The van der Waals surface area contributed by atoms with E-state index in [1.165, 1.54) is 17.3 Å². The van der Waals surface area contributed by atoms with Gasteiger partial charge in [0.15, 0.2) is 5.17 Å². The molecule has 3 aromatic carbocycles. The number of thioether (sulfide) groups is 1. The summed E-state index contributed by atoms with van der Waals surface area (Å²) in [6, 6.07) is 23.3. The molecule has 2 aliphatic heterocycles. The first kappa shape index (κ1) is 24.3.